The highest BCUT2D eigenvalue weighted by Crippen LogP contribution is 2.49. The number of anilines is 1. The summed E-state index contributed by atoms with van der Waals surface area (Å²) in [6, 6.07) is 23.9. The number of amides is 3. The fourth-order valence-electron chi connectivity index (χ4n) is 5.72. The van der Waals surface area contributed by atoms with E-state index in [1.165, 1.54) is 30.8 Å². The van der Waals surface area contributed by atoms with Crippen molar-refractivity contribution in [2.75, 3.05) is 43.4 Å². The smallest absolute Gasteiger partial charge is 0.242 e. The number of carbonyl (C=O) groups is 3. The SMILES string of the molecule is CC(=O)N1CCN(C(=O)CN2C(=O)CS[C@@H](c3ccccc3C)c3c(-c4ccccc4)nn(-c4ccc(F)cc4)c32)CC1. The summed E-state index contributed by atoms with van der Waals surface area (Å²) in [5.41, 5.74) is 5.12. The van der Waals surface area contributed by atoms with Crippen molar-refractivity contribution in [2.24, 2.45) is 0 Å². The molecule has 1 aromatic heterocycles. The molecule has 10 heteroatoms. The minimum absolute atomic E-state index is 0.0182. The number of halogens is 1. The fraction of sp³-hybridized carbons (Fsp3) is 0.273. The average Bonchev–Trinajstić information content (AvgIpc) is 3.35. The number of hydrogen-bond acceptors (Lipinski definition) is 5. The van der Waals surface area contributed by atoms with E-state index in [0.717, 1.165) is 22.3 Å². The molecule has 3 aromatic carbocycles. The van der Waals surface area contributed by atoms with Gasteiger partial charge >= 0.3 is 0 Å². The number of thioether (sulfide) groups is 1. The van der Waals surface area contributed by atoms with Gasteiger partial charge in [0, 0.05) is 44.2 Å². The molecule has 2 aliphatic heterocycles. The summed E-state index contributed by atoms with van der Waals surface area (Å²) in [5.74, 6) is -0.140. The molecule has 0 bridgehead atoms. The van der Waals surface area contributed by atoms with E-state index < -0.39 is 0 Å². The second-order valence-electron chi connectivity index (χ2n) is 10.8. The molecule has 8 nitrogen and oxygen atoms in total. The number of fused-ring (bicyclic) bond motifs is 1. The van der Waals surface area contributed by atoms with Crippen LogP contribution in [0, 0.1) is 12.7 Å². The van der Waals surface area contributed by atoms with Crippen LogP contribution >= 0.6 is 11.8 Å². The predicted octanol–water partition coefficient (Wildman–Crippen LogP) is 4.85. The zero-order valence-corrected chi connectivity index (χ0v) is 24.9. The van der Waals surface area contributed by atoms with Crippen LogP contribution in [0.4, 0.5) is 10.2 Å². The molecule has 1 saturated heterocycles. The fourth-order valence-corrected chi connectivity index (χ4v) is 7.02. The van der Waals surface area contributed by atoms with Crippen molar-refractivity contribution in [2.45, 2.75) is 19.1 Å². The number of hydrogen-bond donors (Lipinski definition) is 0. The van der Waals surface area contributed by atoms with Gasteiger partial charge in [-0.25, -0.2) is 9.07 Å². The Labute approximate surface area is 254 Å². The zero-order valence-electron chi connectivity index (χ0n) is 24.1. The van der Waals surface area contributed by atoms with Crippen LogP contribution in [0.25, 0.3) is 16.9 Å². The van der Waals surface area contributed by atoms with E-state index in [4.69, 9.17) is 5.10 Å². The summed E-state index contributed by atoms with van der Waals surface area (Å²) in [6.45, 7) is 5.12. The van der Waals surface area contributed by atoms with Gasteiger partial charge in [-0.3, -0.25) is 19.3 Å². The Balaban J connectivity index is 1.52. The zero-order chi connectivity index (χ0) is 30.1. The first-order chi connectivity index (χ1) is 20.8. The number of nitrogens with zero attached hydrogens (tertiary/aromatic N) is 5. The molecule has 3 amide bonds. The van der Waals surface area contributed by atoms with Crippen molar-refractivity contribution in [1.29, 1.82) is 0 Å². The highest BCUT2D eigenvalue weighted by Gasteiger charge is 2.39. The molecule has 43 heavy (non-hydrogen) atoms. The van der Waals surface area contributed by atoms with Crippen LogP contribution in [0.2, 0.25) is 0 Å². The minimum Gasteiger partial charge on any atom is -0.339 e. The van der Waals surface area contributed by atoms with Gasteiger partial charge in [-0.05, 0) is 42.3 Å². The van der Waals surface area contributed by atoms with Crippen LogP contribution < -0.4 is 4.90 Å². The Morgan fingerprint density at radius 2 is 1.56 bits per heavy atom. The first-order valence-electron chi connectivity index (χ1n) is 14.3. The lowest BCUT2D eigenvalue weighted by molar-refractivity contribution is -0.137. The third kappa shape index (κ3) is 5.67. The van der Waals surface area contributed by atoms with Crippen LogP contribution in [0.15, 0.2) is 78.9 Å². The lowest BCUT2D eigenvalue weighted by Gasteiger charge is -2.35. The second-order valence-corrected chi connectivity index (χ2v) is 11.8. The molecule has 0 unspecified atom stereocenters. The Hall–Kier alpha value is -4.44. The van der Waals surface area contributed by atoms with Crippen LogP contribution in [-0.2, 0) is 14.4 Å². The maximum Gasteiger partial charge on any atom is 0.242 e. The van der Waals surface area contributed by atoms with Gasteiger partial charge in [0.25, 0.3) is 0 Å². The van der Waals surface area contributed by atoms with Gasteiger partial charge in [0.05, 0.1) is 22.4 Å². The molecule has 2 aliphatic rings. The number of aryl methyl sites for hydroxylation is 1. The van der Waals surface area contributed by atoms with Gasteiger partial charge in [-0.1, -0.05) is 54.6 Å². The second kappa shape index (κ2) is 12.0. The standard InChI is InChI=1S/C33H32FN5O3S/c1-22-8-6-7-11-27(22)32-30-31(24-9-4-3-5-10-24)35-39(26-14-12-25(34)13-15-26)33(30)38(29(42)21-43-32)20-28(41)37-18-16-36(17-19-37)23(2)40/h3-15,32H,16-21H2,1-2H3/t32-/m0/s1. The molecule has 0 spiro atoms. The normalized spacial score (nSPS) is 17.0. The Bertz CT molecular complexity index is 1670. The van der Waals surface area contributed by atoms with Crippen molar-refractivity contribution in [3.63, 3.8) is 0 Å². The lowest BCUT2D eigenvalue weighted by Crippen LogP contribution is -2.53. The molecular weight excluding hydrogens is 565 g/mol. The number of carbonyl (C=O) groups excluding carboxylic acids is 3. The van der Waals surface area contributed by atoms with E-state index in [-0.39, 0.29) is 41.1 Å². The first kappa shape index (κ1) is 28.7. The van der Waals surface area contributed by atoms with Crippen LogP contribution in [-0.4, -0.2) is 75.8 Å². The van der Waals surface area contributed by atoms with Crippen molar-refractivity contribution < 1.29 is 18.8 Å². The van der Waals surface area contributed by atoms with E-state index in [1.807, 2.05) is 42.5 Å². The largest absolute Gasteiger partial charge is 0.339 e. The van der Waals surface area contributed by atoms with Crippen LogP contribution in [0.1, 0.15) is 28.9 Å². The summed E-state index contributed by atoms with van der Waals surface area (Å²) in [6.07, 6.45) is 0. The molecular formula is C33H32FN5O3S. The molecule has 1 atom stereocenters. The average molecular weight is 598 g/mol. The van der Waals surface area contributed by atoms with Gasteiger partial charge in [0.15, 0.2) is 0 Å². The molecule has 6 rings (SSSR count). The molecule has 220 valence electrons. The molecule has 3 heterocycles. The summed E-state index contributed by atoms with van der Waals surface area (Å²) >= 11 is 1.52. The quantitative estimate of drug-likeness (QED) is 0.329. The van der Waals surface area contributed by atoms with Crippen molar-refractivity contribution in [3.8, 4) is 16.9 Å². The van der Waals surface area contributed by atoms with Crippen molar-refractivity contribution in [3.05, 3.63) is 101 Å². The van der Waals surface area contributed by atoms with Crippen LogP contribution in [0.5, 0.6) is 0 Å². The number of benzene rings is 3. The van der Waals surface area contributed by atoms with E-state index in [2.05, 4.69) is 19.1 Å². The van der Waals surface area contributed by atoms with Gasteiger partial charge in [0.1, 0.15) is 18.2 Å². The Morgan fingerprint density at radius 3 is 2.23 bits per heavy atom. The first-order valence-corrected chi connectivity index (χ1v) is 15.3. The number of rotatable bonds is 5. The molecule has 4 aromatic rings. The summed E-state index contributed by atoms with van der Waals surface area (Å²) in [7, 11) is 0. The monoisotopic (exact) mass is 597 g/mol. The maximum absolute atomic E-state index is 14.0. The van der Waals surface area contributed by atoms with Crippen molar-refractivity contribution >= 4 is 35.3 Å². The highest BCUT2D eigenvalue weighted by atomic mass is 32.2. The number of piperazine rings is 1. The van der Waals surface area contributed by atoms with Gasteiger partial charge in [0.2, 0.25) is 17.7 Å². The van der Waals surface area contributed by atoms with Crippen molar-refractivity contribution in [1.82, 2.24) is 19.6 Å². The van der Waals surface area contributed by atoms with Gasteiger partial charge < -0.3 is 9.80 Å². The molecule has 0 saturated carbocycles. The Kier molecular flexibility index (Phi) is 8.03. The third-order valence-electron chi connectivity index (χ3n) is 8.05. The summed E-state index contributed by atoms with van der Waals surface area (Å²) in [5, 5.41) is 4.81. The molecule has 0 N–H and O–H groups in total. The maximum atomic E-state index is 14.0. The predicted molar refractivity (Wildman–Crippen MR) is 166 cm³/mol. The topological polar surface area (TPSA) is 78.8 Å². The lowest BCUT2D eigenvalue weighted by atomic mass is 9.97. The third-order valence-corrected chi connectivity index (χ3v) is 9.29. The van der Waals surface area contributed by atoms with E-state index in [9.17, 15) is 18.8 Å². The van der Waals surface area contributed by atoms with E-state index in [0.29, 0.717) is 43.4 Å². The molecule has 0 aliphatic carbocycles. The Morgan fingerprint density at radius 1 is 0.907 bits per heavy atom. The van der Waals surface area contributed by atoms with E-state index >= 15 is 0 Å². The van der Waals surface area contributed by atoms with E-state index in [1.54, 1.807) is 31.5 Å². The molecule has 1 fully saturated rings. The van der Waals surface area contributed by atoms with Gasteiger partial charge in [-0.2, -0.15) is 5.10 Å². The highest BCUT2D eigenvalue weighted by molar-refractivity contribution is 8.00. The van der Waals surface area contributed by atoms with Crippen LogP contribution in [0.3, 0.4) is 0 Å². The minimum atomic E-state index is -0.383. The summed E-state index contributed by atoms with van der Waals surface area (Å²) < 4.78 is 15.7. The molecule has 0 radical (unpaired) electrons. The number of aromatic nitrogens is 2. The summed E-state index contributed by atoms with van der Waals surface area (Å²) in [4.78, 5) is 44.5. The van der Waals surface area contributed by atoms with Gasteiger partial charge in [-0.15, -0.1) is 11.8 Å².